The van der Waals surface area contributed by atoms with E-state index in [1.54, 1.807) is 19.1 Å². The topological polar surface area (TPSA) is 54.0 Å². The molecule has 0 bridgehead atoms. The molecule has 0 aliphatic rings. The Morgan fingerprint density at radius 1 is 1.22 bits per heavy atom. The lowest BCUT2D eigenvalue weighted by Crippen LogP contribution is -2.34. The number of benzene rings is 1. The predicted octanol–water partition coefficient (Wildman–Crippen LogP) is 3.56. The molecule has 8 heteroatoms. The van der Waals surface area contributed by atoms with Crippen molar-refractivity contribution < 1.29 is 22.4 Å². The molecule has 146 valence electrons. The second-order valence-electron chi connectivity index (χ2n) is 6.20. The van der Waals surface area contributed by atoms with E-state index in [2.05, 4.69) is 15.6 Å². The number of likely N-dealkylation sites (N-methyl/N-ethyl adjacent to an activating group) is 1. The van der Waals surface area contributed by atoms with Gasteiger partial charge in [-0.15, -0.1) is 0 Å². The summed E-state index contributed by atoms with van der Waals surface area (Å²) in [4.78, 5) is 15.0. The van der Waals surface area contributed by atoms with Crippen LogP contribution in [0.3, 0.4) is 0 Å². The fourth-order valence-electron chi connectivity index (χ4n) is 2.63. The molecule has 1 atom stereocenters. The van der Waals surface area contributed by atoms with Crippen molar-refractivity contribution in [2.45, 2.75) is 32.0 Å². The third-order valence-corrected chi connectivity index (χ3v) is 4.21. The number of carbonyl (C=O) groups excluding carboxylic acids is 1. The zero-order chi connectivity index (χ0) is 20.0. The molecule has 0 radical (unpaired) electrons. The van der Waals surface area contributed by atoms with Crippen molar-refractivity contribution in [2.75, 3.05) is 13.6 Å². The number of aromatic nitrogens is 1. The lowest BCUT2D eigenvalue weighted by Gasteiger charge is -2.20. The van der Waals surface area contributed by atoms with Crippen LogP contribution < -0.4 is 10.6 Å². The van der Waals surface area contributed by atoms with Crippen LogP contribution in [0.1, 0.15) is 34.8 Å². The molecule has 2 N–H and O–H groups in total. The number of amides is 1. The van der Waals surface area contributed by atoms with Gasteiger partial charge in [-0.3, -0.25) is 9.78 Å². The fraction of sp³-hybridized carbons (Fsp3) is 0.368. The van der Waals surface area contributed by atoms with Crippen molar-refractivity contribution in [3.63, 3.8) is 0 Å². The Morgan fingerprint density at radius 3 is 2.52 bits per heavy atom. The second kappa shape index (κ2) is 8.94. The van der Waals surface area contributed by atoms with E-state index in [9.17, 15) is 22.4 Å². The Bertz CT molecular complexity index is 776. The largest absolute Gasteiger partial charge is 0.433 e. The highest BCUT2D eigenvalue weighted by molar-refractivity contribution is 5.77. The monoisotopic (exact) mass is 383 g/mol. The number of rotatable bonds is 7. The minimum atomic E-state index is -4.47. The van der Waals surface area contributed by atoms with Crippen LogP contribution in [-0.2, 0) is 17.4 Å². The van der Waals surface area contributed by atoms with Gasteiger partial charge in [-0.2, -0.15) is 13.2 Å². The molecular weight excluding hydrogens is 362 g/mol. The minimum Gasteiger partial charge on any atom is -0.358 e. The molecule has 27 heavy (non-hydrogen) atoms. The first-order valence-corrected chi connectivity index (χ1v) is 8.43. The Kier molecular flexibility index (Phi) is 6.90. The Morgan fingerprint density at radius 2 is 1.96 bits per heavy atom. The molecule has 1 unspecified atom stereocenters. The van der Waals surface area contributed by atoms with E-state index in [4.69, 9.17) is 0 Å². The summed E-state index contributed by atoms with van der Waals surface area (Å²) < 4.78 is 51.3. The van der Waals surface area contributed by atoms with Gasteiger partial charge in [0.2, 0.25) is 5.91 Å². The first-order chi connectivity index (χ1) is 12.7. The molecule has 0 saturated heterocycles. The number of alkyl halides is 3. The molecule has 4 nitrogen and oxygen atoms in total. The van der Waals surface area contributed by atoms with Crippen LogP contribution in [0.25, 0.3) is 0 Å². The first kappa shape index (κ1) is 20.8. The smallest absolute Gasteiger partial charge is 0.358 e. The Hall–Kier alpha value is -2.48. The van der Waals surface area contributed by atoms with Crippen LogP contribution in [-0.4, -0.2) is 24.5 Å². The van der Waals surface area contributed by atoms with Crippen molar-refractivity contribution in [2.24, 2.45) is 0 Å². The van der Waals surface area contributed by atoms with Crippen molar-refractivity contribution in [3.8, 4) is 0 Å². The molecule has 0 spiro atoms. The molecule has 0 saturated carbocycles. The van der Waals surface area contributed by atoms with E-state index in [0.29, 0.717) is 24.0 Å². The standard InChI is InChI=1S/C19H21F4N3O/c1-12-9-14(5-6-15(12)20)16(25-11-18(27)24-2)7-3-13-4-8-17(26-10-13)19(21,22)23/h4-6,8-10,16,25H,3,7,11H2,1-2H3,(H,24,27). The minimum absolute atomic E-state index is 0.0723. The third kappa shape index (κ3) is 6.02. The second-order valence-corrected chi connectivity index (χ2v) is 6.20. The number of halogens is 4. The number of pyridine rings is 1. The van der Waals surface area contributed by atoms with Crippen LogP contribution in [0, 0.1) is 12.7 Å². The average Bonchev–Trinajstić information content (AvgIpc) is 2.63. The lowest BCUT2D eigenvalue weighted by atomic mass is 9.98. The van der Waals surface area contributed by atoms with Gasteiger partial charge in [0.1, 0.15) is 11.5 Å². The van der Waals surface area contributed by atoms with Gasteiger partial charge in [-0.05, 0) is 48.6 Å². The zero-order valence-electron chi connectivity index (χ0n) is 15.0. The first-order valence-electron chi connectivity index (χ1n) is 8.43. The summed E-state index contributed by atoms with van der Waals surface area (Å²) in [5.74, 6) is -0.522. The molecule has 1 amide bonds. The number of nitrogens with zero attached hydrogens (tertiary/aromatic N) is 1. The Labute approximate surface area is 155 Å². The van der Waals surface area contributed by atoms with E-state index in [1.165, 1.54) is 25.4 Å². The van der Waals surface area contributed by atoms with Crippen molar-refractivity contribution >= 4 is 5.91 Å². The van der Waals surface area contributed by atoms with Crippen LogP contribution in [0.4, 0.5) is 17.6 Å². The lowest BCUT2D eigenvalue weighted by molar-refractivity contribution is -0.141. The highest BCUT2D eigenvalue weighted by Gasteiger charge is 2.32. The molecule has 0 aliphatic heterocycles. The van der Waals surface area contributed by atoms with Gasteiger partial charge in [0.05, 0.1) is 6.54 Å². The molecule has 1 aromatic carbocycles. The van der Waals surface area contributed by atoms with Gasteiger partial charge < -0.3 is 10.6 Å². The van der Waals surface area contributed by atoms with Crippen LogP contribution in [0.5, 0.6) is 0 Å². The van der Waals surface area contributed by atoms with Gasteiger partial charge in [0.25, 0.3) is 0 Å². The maximum absolute atomic E-state index is 13.5. The van der Waals surface area contributed by atoms with Gasteiger partial charge >= 0.3 is 6.18 Å². The quantitative estimate of drug-likeness (QED) is 0.719. The number of hydrogen-bond donors (Lipinski definition) is 2. The molecule has 2 rings (SSSR count). The molecular formula is C19H21F4N3O. The van der Waals surface area contributed by atoms with Crippen LogP contribution in [0.15, 0.2) is 36.5 Å². The fourth-order valence-corrected chi connectivity index (χ4v) is 2.63. The summed E-state index contributed by atoms with van der Waals surface area (Å²) >= 11 is 0. The SMILES string of the molecule is CNC(=O)CNC(CCc1ccc(C(F)(F)F)nc1)c1ccc(F)c(C)c1. The summed E-state index contributed by atoms with van der Waals surface area (Å²) in [5, 5.41) is 5.61. The van der Waals surface area contributed by atoms with E-state index >= 15 is 0 Å². The number of aryl methyl sites for hydroxylation is 2. The molecule has 2 aromatic rings. The summed E-state index contributed by atoms with van der Waals surface area (Å²) in [5.41, 5.74) is 0.997. The highest BCUT2D eigenvalue weighted by Crippen LogP contribution is 2.28. The van der Waals surface area contributed by atoms with Crippen LogP contribution in [0.2, 0.25) is 0 Å². The van der Waals surface area contributed by atoms with Gasteiger partial charge in [-0.1, -0.05) is 18.2 Å². The maximum atomic E-state index is 13.5. The van der Waals surface area contributed by atoms with Crippen molar-refractivity contribution in [1.82, 2.24) is 15.6 Å². The van der Waals surface area contributed by atoms with E-state index in [1.807, 2.05) is 0 Å². The van der Waals surface area contributed by atoms with Gasteiger partial charge in [0, 0.05) is 19.3 Å². The number of hydrogen-bond acceptors (Lipinski definition) is 3. The van der Waals surface area contributed by atoms with E-state index in [0.717, 1.165) is 11.6 Å². The summed E-state index contributed by atoms with van der Waals surface area (Å²) in [6.07, 6.45) is -2.31. The van der Waals surface area contributed by atoms with Gasteiger partial charge in [-0.25, -0.2) is 4.39 Å². The van der Waals surface area contributed by atoms with E-state index < -0.39 is 11.9 Å². The predicted molar refractivity (Wildman–Crippen MR) is 93.5 cm³/mol. The summed E-state index contributed by atoms with van der Waals surface area (Å²) in [6, 6.07) is 6.77. The van der Waals surface area contributed by atoms with Crippen LogP contribution >= 0.6 is 0 Å². The summed E-state index contributed by atoms with van der Waals surface area (Å²) in [7, 11) is 1.52. The normalized spacial score (nSPS) is 12.7. The Balaban J connectivity index is 2.11. The van der Waals surface area contributed by atoms with Gasteiger partial charge in [0.15, 0.2) is 0 Å². The summed E-state index contributed by atoms with van der Waals surface area (Å²) in [6.45, 7) is 1.72. The number of carbonyl (C=O) groups is 1. The molecule has 0 fully saturated rings. The van der Waals surface area contributed by atoms with E-state index in [-0.39, 0.29) is 24.3 Å². The van der Waals surface area contributed by atoms with Crippen molar-refractivity contribution in [3.05, 3.63) is 64.7 Å². The highest BCUT2D eigenvalue weighted by atomic mass is 19.4. The average molecular weight is 383 g/mol. The zero-order valence-corrected chi connectivity index (χ0v) is 15.0. The maximum Gasteiger partial charge on any atom is 0.433 e. The molecule has 1 heterocycles. The number of nitrogens with one attached hydrogen (secondary N) is 2. The molecule has 1 aromatic heterocycles. The molecule has 0 aliphatic carbocycles. The van der Waals surface area contributed by atoms with Crippen molar-refractivity contribution in [1.29, 1.82) is 0 Å². The third-order valence-electron chi connectivity index (χ3n) is 4.21.